The third-order valence-electron chi connectivity index (χ3n) is 3.57. The molecule has 0 bridgehead atoms. The minimum Gasteiger partial charge on any atom is -0.385 e. The van der Waals surface area contributed by atoms with Crippen molar-refractivity contribution >= 4 is 21.6 Å². The lowest BCUT2D eigenvalue weighted by atomic mass is 10.2. The second-order valence-corrected chi connectivity index (χ2v) is 5.88. The zero-order valence-electron chi connectivity index (χ0n) is 11.6. The van der Waals surface area contributed by atoms with Gasteiger partial charge in [0.2, 0.25) is 0 Å². The van der Waals surface area contributed by atoms with E-state index in [0.717, 1.165) is 11.0 Å². The van der Waals surface area contributed by atoms with Crippen LogP contribution in [0.1, 0.15) is 24.8 Å². The highest BCUT2D eigenvalue weighted by Gasteiger charge is 2.10. The molecule has 1 aliphatic rings. The summed E-state index contributed by atoms with van der Waals surface area (Å²) in [6.45, 7) is 5.43. The first-order valence-corrected chi connectivity index (χ1v) is 7.83. The highest BCUT2D eigenvalue weighted by molar-refractivity contribution is 9.10. The lowest BCUT2D eigenvalue weighted by Gasteiger charge is -2.16. The van der Waals surface area contributed by atoms with Gasteiger partial charge in [-0.05, 0) is 51.0 Å². The molecule has 0 aliphatic carbocycles. The van der Waals surface area contributed by atoms with Gasteiger partial charge in [-0.25, -0.2) is 0 Å². The number of benzene rings is 1. The second-order valence-electron chi connectivity index (χ2n) is 5.03. The van der Waals surface area contributed by atoms with Gasteiger partial charge >= 0.3 is 0 Å². The molecule has 1 saturated heterocycles. The zero-order valence-corrected chi connectivity index (χ0v) is 13.2. The first-order chi connectivity index (χ1) is 9.31. The highest BCUT2D eigenvalue weighted by atomic mass is 79.9. The molecule has 0 radical (unpaired) electrons. The van der Waals surface area contributed by atoms with Crippen molar-refractivity contribution in [3.05, 3.63) is 28.2 Å². The zero-order chi connectivity index (χ0) is 13.5. The highest BCUT2D eigenvalue weighted by Crippen LogP contribution is 2.25. The van der Waals surface area contributed by atoms with Crippen LogP contribution in [0.15, 0.2) is 22.7 Å². The van der Waals surface area contributed by atoms with E-state index in [9.17, 15) is 0 Å². The van der Waals surface area contributed by atoms with Gasteiger partial charge in [-0.15, -0.1) is 0 Å². The van der Waals surface area contributed by atoms with Crippen LogP contribution in [0, 0.1) is 0 Å². The fourth-order valence-corrected chi connectivity index (χ4v) is 3.03. The van der Waals surface area contributed by atoms with Crippen LogP contribution < -0.4 is 5.32 Å². The number of rotatable bonds is 7. The molecule has 1 fully saturated rings. The van der Waals surface area contributed by atoms with E-state index in [0.29, 0.717) is 6.61 Å². The molecule has 0 unspecified atom stereocenters. The van der Waals surface area contributed by atoms with Gasteiger partial charge in [0.1, 0.15) is 0 Å². The Hall–Kier alpha value is -0.580. The van der Waals surface area contributed by atoms with Crippen molar-refractivity contribution in [1.82, 2.24) is 4.90 Å². The Labute approximate surface area is 124 Å². The van der Waals surface area contributed by atoms with Crippen molar-refractivity contribution in [2.75, 3.05) is 38.6 Å². The molecule has 1 heterocycles. The van der Waals surface area contributed by atoms with Crippen LogP contribution >= 0.6 is 15.9 Å². The van der Waals surface area contributed by atoms with Gasteiger partial charge in [0, 0.05) is 29.4 Å². The first-order valence-electron chi connectivity index (χ1n) is 7.04. The van der Waals surface area contributed by atoms with Gasteiger partial charge in [-0.3, -0.25) is 0 Å². The van der Waals surface area contributed by atoms with Crippen LogP contribution in [0.25, 0.3) is 0 Å². The van der Waals surface area contributed by atoms with E-state index >= 15 is 0 Å². The van der Waals surface area contributed by atoms with Crippen molar-refractivity contribution in [3.63, 3.8) is 0 Å². The Kier molecular flexibility index (Phi) is 6.14. The summed E-state index contributed by atoms with van der Waals surface area (Å²) in [7, 11) is 1.73. The number of likely N-dealkylation sites (tertiary alicyclic amines) is 1. The van der Waals surface area contributed by atoms with E-state index < -0.39 is 0 Å². The smallest absolute Gasteiger partial charge is 0.0744 e. The maximum Gasteiger partial charge on any atom is 0.0744 e. The molecule has 0 spiro atoms. The van der Waals surface area contributed by atoms with E-state index in [-0.39, 0.29) is 0 Å². The minimum atomic E-state index is 0.635. The summed E-state index contributed by atoms with van der Waals surface area (Å²) in [5.41, 5.74) is 2.38. The fourth-order valence-electron chi connectivity index (χ4n) is 2.55. The molecule has 0 atom stereocenters. The normalized spacial score (nSPS) is 15.9. The van der Waals surface area contributed by atoms with Crippen molar-refractivity contribution < 1.29 is 4.74 Å². The maximum atomic E-state index is 5.26. The number of hydrogen-bond acceptors (Lipinski definition) is 3. The average molecular weight is 327 g/mol. The van der Waals surface area contributed by atoms with E-state index in [1.54, 1.807) is 7.11 Å². The monoisotopic (exact) mass is 326 g/mol. The van der Waals surface area contributed by atoms with Gasteiger partial charge < -0.3 is 15.0 Å². The molecule has 4 heteroatoms. The Morgan fingerprint density at radius 1 is 1.32 bits per heavy atom. The minimum absolute atomic E-state index is 0.635. The molecular formula is C15H23BrN2O. The standard InChI is InChI=1S/C15H23BrN2O/c1-19-12-13-14(16)6-4-7-15(13)17-8-5-11-18-9-2-3-10-18/h4,6-7,17H,2-3,5,8-12H2,1H3. The molecule has 2 rings (SSSR count). The molecule has 3 nitrogen and oxygen atoms in total. The maximum absolute atomic E-state index is 5.26. The number of anilines is 1. The summed E-state index contributed by atoms with van der Waals surface area (Å²) in [5, 5.41) is 3.53. The van der Waals surface area contributed by atoms with Crippen LogP contribution in [-0.2, 0) is 11.3 Å². The SMILES string of the molecule is COCc1c(Br)cccc1NCCCN1CCCC1. The molecule has 1 aliphatic heterocycles. The predicted octanol–water partition coefficient (Wildman–Crippen LogP) is 3.49. The summed E-state index contributed by atoms with van der Waals surface area (Å²) >= 11 is 3.58. The molecule has 1 aromatic rings. The molecule has 1 aromatic carbocycles. The number of methoxy groups -OCH3 is 1. The fraction of sp³-hybridized carbons (Fsp3) is 0.600. The summed E-state index contributed by atoms with van der Waals surface area (Å²) in [6, 6.07) is 6.24. The Morgan fingerprint density at radius 2 is 2.11 bits per heavy atom. The van der Waals surface area contributed by atoms with Crippen LogP contribution in [0.4, 0.5) is 5.69 Å². The third kappa shape index (κ3) is 4.48. The number of nitrogens with zero attached hydrogens (tertiary/aromatic N) is 1. The topological polar surface area (TPSA) is 24.5 Å². The summed E-state index contributed by atoms with van der Waals surface area (Å²) < 4.78 is 6.37. The van der Waals surface area contributed by atoms with E-state index in [1.807, 2.05) is 0 Å². The number of halogens is 1. The van der Waals surface area contributed by atoms with Crippen LogP contribution in [0.2, 0.25) is 0 Å². The van der Waals surface area contributed by atoms with Gasteiger partial charge in [0.15, 0.2) is 0 Å². The van der Waals surface area contributed by atoms with Crippen molar-refractivity contribution in [2.45, 2.75) is 25.9 Å². The van der Waals surface area contributed by atoms with Gasteiger partial charge in [0.05, 0.1) is 6.61 Å². The van der Waals surface area contributed by atoms with Crippen LogP contribution in [-0.4, -0.2) is 38.2 Å². The number of hydrogen-bond donors (Lipinski definition) is 1. The second kappa shape index (κ2) is 7.88. The van der Waals surface area contributed by atoms with Crippen molar-refractivity contribution in [2.24, 2.45) is 0 Å². The summed E-state index contributed by atoms with van der Waals surface area (Å²) in [4.78, 5) is 2.55. The lowest BCUT2D eigenvalue weighted by Crippen LogP contribution is -2.22. The molecule has 0 aromatic heterocycles. The molecule has 0 amide bonds. The first kappa shape index (κ1) is 14.8. The van der Waals surface area contributed by atoms with Crippen LogP contribution in [0.5, 0.6) is 0 Å². The van der Waals surface area contributed by atoms with E-state index in [1.165, 1.54) is 50.1 Å². The lowest BCUT2D eigenvalue weighted by molar-refractivity contribution is 0.185. The molecule has 19 heavy (non-hydrogen) atoms. The van der Waals surface area contributed by atoms with Gasteiger partial charge in [0.25, 0.3) is 0 Å². The van der Waals surface area contributed by atoms with E-state index in [4.69, 9.17) is 4.74 Å². The molecule has 1 N–H and O–H groups in total. The Balaban J connectivity index is 1.79. The molecular weight excluding hydrogens is 304 g/mol. The van der Waals surface area contributed by atoms with E-state index in [2.05, 4.69) is 44.3 Å². The largest absolute Gasteiger partial charge is 0.385 e. The third-order valence-corrected chi connectivity index (χ3v) is 4.32. The Bertz CT molecular complexity index is 392. The van der Waals surface area contributed by atoms with Crippen molar-refractivity contribution in [1.29, 1.82) is 0 Å². The predicted molar refractivity (Wildman–Crippen MR) is 83.6 cm³/mol. The Morgan fingerprint density at radius 3 is 2.84 bits per heavy atom. The number of nitrogens with one attached hydrogen (secondary N) is 1. The van der Waals surface area contributed by atoms with Crippen LogP contribution in [0.3, 0.4) is 0 Å². The summed E-state index contributed by atoms with van der Waals surface area (Å²) in [5.74, 6) is 0. The molecule has 0 saturated carbocycles. The summed E-state index contributed by atoms with van der Waals surface area (Å²) in [6.07, 6.45) is 3.94. The average Bonchev–Trinajstić information content (AvgIpc) is 2.91. The number of ether oxygens (including phenoxy) is 1. The van der Waals surface area contributed by atoms with Crippen molar-refractivity contribution in [3.8, 4) is 0 Å². The molecule has 106 valence electrons. The van der Waals surface area contributed by atoms with Gasteiger partial charge in [-0.2, -0.15) is 0 Å². The van der Waals surface area contributed by atoms with Gasteiger partial charge in [-0.1, -0.05) is 22.0 Å². The quantitative estimate of drug-likeness (QED) is 0.776.